The maximum atomic E-state index is 12.4. The number of hydrogen-bond donors (Lipinski definition) is 2. The Labute approximate surface area is 147 Å². The highest BCUT2D eigenvalue weighted by atomic mass is 16.3. The standard InChI is InChI=1S/C18H23N5O2/c1-13-15(10-20-14(2)22-13)17(24)21-11-18(25)7-5-9-23(12-18)16-6-3-4-8-19-16/h3-4,6,8,10,25H,5,7,9,11-12H2,1-2H3,(H,21,24)/t18-/m0/s1. The lowest BCUT2D eigenvalue weighted by molar-refractivity contribution is 0.0254. The number of aromatic nitrogens is 3. The highest BCUT2D eigenvalue weighted by Gasteiger charge is 2.34. The quantitative estimate of drug-likeness (QED) is 0.870. The van der Waals surface area contributed by atoms with Crippen LogP contribution in [0.15, 0.2) is 30.6 Å². The molecule has 0 saturated carbocycles. The van der Waals surface area contributed by atoms with Gasteiger partial charge in [-0.1, -0.05) is 6.07 Å². The van der Waals surface area contributed by atoms with Crippen molar-refractivity contribution < 1.29 is 9.90 Å². The summed E-state index contributed by atoms with van der Waals surface area (Å²) in [6, 6.07) is 5.72. The number of β-amino-alcohol motifs (C(OH)–C–C–N with tert-alkyl or cyclic N) is 1. The molecule has 7 nitrogen and oxygen atoms in total. The molecule has 0 radical (unpaired) electrons. The van der Waals surface area contributed by atoms with Crippen molar-refractivity contribution in [2.24, 2.45) is 0 Å². The molecule has 1 fully saturated rings. The van der Waals surface area contributed by atoms with Crippen molar-refractivity contribution in [3.63, 3.8) is 0 Å². The third-order valence-corrected chi connectivity index (χ3v) is 4.45. The number of nitrogens with one attached hydrogen (secondary N) is 1. The summed E-state index contributed by atoms with van der Waals surface area (Å²) in [6.45, 7) is 5.03. The molecule has 1 saturated heterocycles. The van der Waals surface area contributed by atoms with Gasteiger partial charge in [-0.25, -0.2) is 15.0 Å². The second kappa shape index (κ2) is 7.14. The molecule has 132 valence electrons. The Balaban J connectivity index is 1.64. The van der Waals surface area contributed by atoms with Crippen molar-refractivity contribution in [3.8, 4) is 0 Å². The number of carbonyl (C=O) groups is 1. The van der Waals surface area contributed by atoms with E-state index < -0.39 is 5.60 Å². The van der Waals surface area contributed by atoms with Crippen molar-refractivity contribution in [2.45, 2.75) is 32.3 Å². The summed E-state index contributed by atoms with van der Waals surface area (Å²) >= 11 is 0. The Morgan fingerprint density at radius 1 is 1.36 bits per heavy atom. The molecule has 0 spiro atoms. The van der Waals surface area contributed by atoms with E-state index in [0.29, 0.717) is 30.0 Å². The Kier molecular flexibility index (Phi) is 4.94. The number of aliphatic hydroxyl groups is 1. The molecule has 25 heavy (non-hydrogen) atoms. The highest BCUT2D eigenvalue weighted by molar-refractivity contribution is 5.94. The van der Waals surface area contributed by atoms with E-state index in [4.69, 9.17) is 0 Å². The van der Waals surface area contributed by atoms with Crippen molar-refractivity contribution in [3.05, 3.63) is 47.7 Å². The number of pyridine rings is 1. The van der Waals surface area contributed by atoms with E-state index in [-0.39, 0.29) is 12.5 Å². The van der Waals surface area contributed by atoms with Gasteiger partial charge in [0.25, 0.3) is 5.91 Å². The third-order valence-electron chi connectivity index (χ3n) is 4.45. The zero-order valence-electron chi connectivity index (χ0n) is 14.6. The van der Waals surface area contributed by atoms with Crippen LogP contribution in [0.1, 0.15) is 34.7 Å². The normalized spacial score (nSPS) is 20.4. The van der Waals surface area contributed by atoms with Crippen LogP contribution in [-0.2, 0) is 0 Å². The summed E-state index contributed by atoms with van der Waals surface area (Å²) in [5, 5.41) is 13.7. The van der Waals surface area contributed by atoms with Crippen LogP contribution in [0.25, 0.3) is 0 Å². The van der Waals surface area contributed by atoms with Crippen molar-refractivity contribution >= 4 is 11.7 Å². The molecule has 1 aliphatic heterocycles. The van der Waals surface area contributed by atoms with Crippen LogP contribution < -0.4 is 10.2 Å². The smallest absolute Gasteiger partial charge is 0.254 e. The second-order valence-electron chi connectivity index (χ2n) is 6.54. The van der Waals surface area contributed by atoms with Gasteiger partial charge in [0.05, 0.1) is 16.9 Å². The first-order chi connectivity index (χ1) is 12.0. The molecular formula is C18H23N5O2. The highest BCUT2D eigenvalue weighted by Crippen LogP contribution is 2.24. The van der Waals surface area contributed by atoms with Gasteiger partial charge in [-0.2, -0.15) is 0 Å². The molecule has 2 aromatic heterocycles. The fourth-order valence-corrected chi connectivity index (χ4v) is 3.14. The first-order valence-corrected chi connectivity index (χ1v) is 8.44. The molecule has 3 heterocycles. The predicted octanol–water partition coefficient (Wildman–Crippen LogP) is 1.25. The SMILES string of the molecule is Cc1ncc(C(=O)NC[C@@]2(O)CCCN(c3ccccn3)C2)c(C)n1. The second-order valence-corrected chi connectivity index (χ2v) is 6.54. The molecule has 2 N–H and O–H groups in total. The summed E-state index contributed by atoms with van der Waals surface area (Å²) in [7, 11) is 0. The number of hydrogen-bond acceptors (Lipinski definition) is 6. The first-order valence-electron chi connectivity index (χ1n) is 8.44. The molecule has 3 rings (SSSR count). The number of piperidine rings is 1. The van der Waals surface area contributed by atoms with Crippen LogP contribution in [0.2, 0.25) is 0 Å². The molecule has 0 aromatic carbocycles. The average Bonchev–Trinajstić information content (AvgIpc) is 2.61. The lowest BCUT2D eigenvalue weighted by Crippen LogP contribution is -2.54. The first kappa shape index (κ1) is 17.3. The van der Waals surface area contributed by atoms with E-state index in [1.165, 1.54) is 6.20 Å². The number of carbonyl (C=O) groups excluding carboxylic acids is 1. The van der Waals surface area contributed by atoms with Crippen LogP contribution in [0, 0.1) is 13.8 Å². The van der Waals surface area contributed by atoms with Crippen LogP contribution >= 0.6 is 0 Å². The molecule has 0 bridgehead atoms. The molecule has 1 atom stereocenters. The van der Waals surface area contributed by atoms with Gasteiger partial charge in [0.1, 0.15) is 11.6 Å². The summed E-state index contributed by atoms with van der Waals surface area (Å²) in [4.78, 5) is 27.1. The zero-order valence-corrected chi connectivity index (χ0v) is 14.6. The van der Waals surface area contributed by atoms with Crippen LogP contribution in [-0.4, -0.2) is 51.2 Å². The summed E-state index contributed by atoms with van der Waals surface area (Å²) in [5.74, 6) is 1.21. The zero-order chi connectivity index (χ0) is 17.9. The van der Waals surface area contributed by atoms with Gasteiger partial charge >= 0.3 is 0 Å². The topological polar surface area (TPSA) is 91.2 Å². The third kappa shape index (κ3) is 4.11. The molecule has 1 aliphatic rings. The Morgan fingerprint density at radius 3 is 2.92 bits per heavy atom. The molecule has 7 heteroatoms. The van der Waals surface area contributed by atoms with E-state index in [1.807, 2.05) is 18.2 Å². The predicted molar refractivity (Wildman–Crippen MR) is 94.5 cm³/mol. The molecule has 2 aromatic rings. The van der Waals surface area contributed by atoms with Gasteiger partial charge in [-0.05, 0) is 38.8 Å². The van der Waals surface area contributed by atoms with Crippen LogP contribution in [0.3, 0.4) is 0 Å². The molecule has 0 aliphatic carbocycles. The Bertz CT molecular complexity index is 752. The fraction of sp³-hybridized carbons (Fsp3) is 0.444. The minimum Gasteiger partial charge on any atom is -0.386 e. The molecule has 0 unspecified atom stereocenters. The maximum Gasteiger partial charge on any atom is 0.254 e. The summed E-state index contributed by atoms with van der Waals surface area (Å²) < 4.78 is 0. The van der Waals surface area contributed by atoms with Gasteiger partial charge < -0.3 is 15.3 Å². The van der Waals surface area contributed by atoms with E-state index in [0.717, 1.165) is 18.8 Å². The Hall–Kier alpha value is -2.54. The Morgan fingerprint density at radius 2 is 2.20 bits per heavy atom. The number of nitrogens with zero attached hydrogens (tertiary/aromatic N) is 4. The summed E-state index contributed by atoms with van der Waals surface area (Å²) in [5.41, 5.74) is 0.0903. The van der Waals surface area contributed by atoms with Crippen molar-refractivity contribution in [1.82, 2.24) is 20.3 Å². The maximum absolute atomic E-state index is 12.4. The number of aryl methyl sites for hydroxylation is 2. The van der Waals surface area contributed by atoms with Gasteiger partial charge in [-0.15, -0.1) is 0 Å². The van der Waals surface area contributed by atoms with Gasteiger partial charge in [-0.3, -0.25) is 4.79 Å². The van der Waals surface area contributed by atoms with Gasteiger partial charge in [0.2, 0.25) is 0 Å². The van der Waals surface area contributed by atoms with E-state index in [1.54, 1.807) is 20.0 Å². The van der Waals surface area contributed by atoms with Crippen LogP contribution in [0.5, 0.6) is 0 Å². The van der Waals surface area contributed by atoms with E-state index >= 15 is 0 Å². The number of anilines is 1. The van der Waals surface area contributed by atoms with Crippen LogP contribution in [0.4, 0.5) is 5.82 Å². The minimum absolute atomic E-state index is 0.183. The van der Waals surface area contributed by atoms with Gasteiger partial charge in [0, 0.05) is 32.0 Å². The van der Waals surface area contributed by atoms with E-state index in [2.05, 4.69) is 25.2 Å². The lowest BCUT2D eigenvalue weighted by atomic mass is 9.92. The van der Waals surface area contributed by atoms with Crippen molar-refractivity contribution in [1.29, 1.82) is 0 Å². The average molecular weight is 341 g/mol. The monoisotopic (exact) mass is 341 g/mol. The number of amides is 1. The fourth-order valence-electron chi connectivity index (χ4n) is 3.14. The largest absolute Gasteiger partial charge is 0.386 e. The van der Waals surface area contributed by atoms with Gasteiger partial charge in [0.15, 0.2) is 0 Å². The molecule has 1 amide bonds. The van der Waals surface area contributed by atoms with E-state index in [9.17, 15) is 9.90 Å². The lowest BCUT2D eigenvalue weighted by Gasteiger charge is -2.39. The minimum atomic E-state index is -0.981. The summed E-state index contributed by atoms with van der Waals surface area (Å²) in [6.07, 6.45) is 4.75. The van der Waals surface area contributed by atoms with Crippen molar-refractivity contribution in [2.75, 3.05) is 24.5 Å². The number of rotatable bonds is 4. The molecular weight excluding hydrogens is 318 g/mol.